The maximum absolute atomic E-state index is 10.4. The Bertz CT molecular complexity index is 292. The highest BCUT2D eigenvalue weighted by Crippen LogP contribution is 2.12. The molecule has 0 amide bonds. The fraction of sp³-hybridized carbons (Fsp3) is 0.375. The number of rotatable bonds is 4. The first-order valence-corrected chi connectivity index (χ1v) is 3.84. The Balaban J connectivity index is 2.54. The summed E-state index contributed by atoms with van der Waals surface area (Å²) in [4.78, 5) is 10.4. The Kier molecular flexibility index (Phi) is 2.92. The van der Waals surface area contributed by atoms with Gasteiger partial charge < -0.3 is 19.9 Å². The smallest absolute Gasteiger partial charge is 0.371 e. The molecule has 5 heteroatoms. The van der Waals surface area contributed by atoms with Crippen LogP contribution in [0.25, 0.3) is 0 Å². The zero-order valence-corrected chi connectivity index (χ0v) is 7.15. The van der Waals surface area contributed by atoms with E-state index in [9.17, 15) is 4.79 Å². The van der Waals surface area contributed by atoms with Crippen molar-refractivity contribution in [2.45, 2.75) is 13.0 Å². The van der Waals surface area contributed by atoms with Crippen LogP contribution in [0.3, 0.4) is 0 Å². The molecule has 0 aliphatic heterocycles. The predicted octanol–water partition coefficient (Wildman–Crippen LogP) is 0.770. The van der Waals surface area contributed by atoms with Crippen molar-refractivity contribution in [3.05, 3.63) is 17.9 Å². The number of furan rings is 1. The molecule has 0 saturated carbocycles. The largest absolute Gasteiger partial charge is 0.475 e. The van der Waals surface area contributed by atoms with Crippen LogP contribution < -0.4 is 5.32 Å². The van der Waals surface area contributed by atoms with E-state index in [1.807, 2.05) is 0 Å². The molecule has 13 heavy (non-hydrogen) atoms. The summed E-state index contributed by atoms with van der Waals surface area (Å²) in [6, 6.07) is 2.86. The van der Waals surface area contributed by atoms with Gasteiger partial charge in [-0.3, -0.25) is 0 Å². The molecule has 1 aromatic heterocycles. The Labute approximate surface area is 75.0 Å². The van der Waals surface area contributed by atoms with Gasteiger partial charge in [-0.15, -0.1) is 0 Å². The van der Waals surface area contributed by atoms with Crippen molar-refractivity contribution >= 4 is 11.9 Å². The van der Waals surface area contributed by atoms with E-state index in [1.165, 1.54) is 12.1 Å². The van der Waals surface area contributed by atoms with E-state index < -0.39 is 12.1 Å². The molecule has 0 spiro atoms. The van der Waals surface area contributed by atoms with E-state index in [0.717, 1.165) is 0 Å². The lowest BCUT2D eigenvalue weighted by Gasteiger charge is -2.03. The molecule has 1 atom stereocenters. The third-order valence-electron chi connectivity index (χ3n) is 1.39. The van der Waals surface area contributed by atoms with E-state index in [1.54, 1.807) is 6.92 Å². The van der Waals surface area contributed by atoms with Crippen LogP contribution in [0.4, 0.5) is 5.88 Å². The van der Waals surface area contributed by atoms with Gasteiger partial charge in [-0.05, 0) is 13.0 Å². The molecule has 5 nitrogen and oxygen atoms in total. The summed E-state index contributed by atoms with van der Waals surface area (Å²) in [7, 11) is 0. The molecule has 0 bridgehead atoms. The van der Waals surface area contributed by atoms with Crippen LogP contribution in [-0.2, 0) is 0 Å². The third-order valence-corrected chi connectivity index (χ3v) is 1.39. The van der Waals surface area contributed by atoms with Gasteiger partial charge in [-0.1, -0.05) is 0 Å². The van der Waals surface area contributed by atoms with Crippen LogP contribution in [0, 0.1) is 0 Å². The number of aliphatic hydroxyl groups excluding tert-OH is 1. The van der Waals surface area contributed by atoms with Crippen molar-refractivity contribution in [1.29, 1.82) is 0 Å². The maximum atomic E-state index is 10.4. The Morgan fingerprint density at radius 3 is 2.85 bits per heavy atom. The molecule has 1 heterocycles. The van der Waals surface area contributed by atoms with Gasteiger partial charge in [0.15, 0.2) is 5.88 Å². The number of hydrogen-bond donors (Lipinski definition) is 3. The van der Waals surface area contributed by atoms with Gasteiger partial charge >= 0.3 is 5.97 Å². The second-order valence-corrected chi connectivity index (χ2v) is 2.70. The molecule has 1 unspecified atom stereocenters. The second-order valence-electron chi connectivity index (χ2n) is 2.70. The maximum Gasteiger partial charge on any atom is 0.371 e. The topological polar surface area (TPSA) is 82.7 Å². The summed E-state index contributed by atoms with van der Waals surface area (Å²) >= 11 is 0. The molecule has 72 valence electrons. The summed E-state index contributed by atoms with van der Waals surface area (Å²) in [6.07, 6.45) is -0.502. The van der Waals surface area contributed by atoms with Crippen LogP contribution in [0.15, 0.2) is 16.5 Å². The third kappa shape index (κ3) is 2.79. The number of hydrogen-bond acceptors (Lipinski definition) is 4. The minimum atomic E-state index is -1.11. The van der Waals surface area contributed by atoms with Crippen molar-refractivity contribution in [3.63, 3.8) is 0 Å². The first kappa shape index (κ1) is 9.60. The molecule has 0 radical (unpaired) electrons. The molecular formula is C8H11NO4. The van der Waals surface area contributed by atoms with E-state index in [-0.39, 0.29) is 5.76 Å². The SMILES string of the molecule is CC(O)CNc1ccc(C(=O)O)o1. The van der Waals surface area contributed by atoms with Gasteiger partial charge in [0.25, 0.3) is 0 Å². The highest BCUT2D eigenvalue weighted by atomic mass is 16.4. The lowest BCUT2D eigenvalue weighted by molar-refractivity contribution is 0.0663. The van der Waals surface area contributed by atoms with E-state index in [4.69, 9.17) is 14.6 Å². The van der Waals surface area contributed by atoms with Gasteiger partial charge in [0.2, 0.25) is 5.76 Å². The fourth-order valence-electron chi connectivity index (χ4n) is 0.796. The number of carboxylic acid groups (broad SMARTS) is 1. The van der Waals surface area contributed by atoms with Crippen molar-refractivity contribution in [3.8, 4) is 0 Å². The summed E-state index contributed by atoms with van der Waals surface area (Å²) in [5, 5.41) is 20.2. The lowest BCUT2D eigenvalue weighted by Crippen LogP contribution is -2.14. The zero-order chi connectivity index (χ0) is 9.84. The molecule has 0 aliphatic rings. The van der Waals surface area contributed by atoms with E-state index >= 15 is 0 Å². The number of carbonyl (C=O) groups is 1. The van der Waals surface area contributed by atoms with Crippen LogP contribution in [-0.4, -0.2) is 28.8 Å². The molecule has 0 fully saturated rings. The van der Waals surface area contributed by atoms with Crippen molar-refractivity contribution < 1.29 is 19.4 Å². The van der Waals surface area contributed by atoms with Crippen LogP contribution in [0.2, 0.25) is 0 Å². The summed E-state index contributed by atoms with van der Waals surface area (Å²) in [5.74, 6) is -0.878. The van der Waals surface area contributed by atoms with Gasteiger partial charge in [0.05, 0.1) is 6.10 Å². The molecule has 1 rings (SSSR count). The predicted molar refractivity (Wildman–Crippen MR) is 45.8 cm³/mol. The Morgan fingerprint density at radius 2 is 2.38 bits per heavy atom. The van der Waals surface area contributed by atoms with Gasteiger partial charge in [-0.2, -0.15) is 0 Å². The Hall–Kier alpha value is -1.49. The summed E-state index contributed by atoms with van der Waals surface area (Å²) in [5.41, 5.74) is 0. The summed E-state index contributed by atoms with van der Waals surface area (Å²) < 4.78 is 4.87. The molecule has 1 aromatic rings. The lowest BCUT2D eigenvalue weighted by atomic mass is 10.4. The minimum absolute atomic E-state index is 0.118. The highest BCUT2D eigenvalue weighted by molar-refractivity contribution is 5.84. The van der Waals surface area contributed by atoms with Gasteiger partial charge in [-0.25, -0.2) is 4.79 Å². The Morgan fingerprint density at radius 1 is 1.69 bits per heavy atom. The molecule has 3 N–H and O–H groups in total. The quantitative estimate of drug-likeness (QED) is 0.645. The number of aliphatic hydroxyl groups is 1. The van der Waals surface area contributed by atoms with Crippen LogP contribution in [0.1, 0.15) is 17.5 Å². The van der Waals surface area contributed by atoms with E-state index in [0.29, 0.717) is 12.4 Å². The minimum Gasteiger partial charge on any atom is -0.475 e. The van der Waals surface area contributed by atoms with Crippen molar-refractivity contribution in [2.24, 2.45) is 0 Å². The molecule has 0 saturated heterocycles. The van der Waals surface area contributed by atoms with Crippen LogP contribution in [0.5, 0.6) is 0 Å². The first-order valence-electron chi connectivity index (χ1n) is 3.84. The van der Waals surface area contributed by atoms with Gasteiger partial charge in [0, 0.05) is 12.6 Å². The van der Waals surface area contributed by atoms with Crippen molar-refractivity contribution in [1.82, 2.24) is 0 Å². The van der Waals surface area contributed by atoms with E-state index in [2.05, 4.69) is 5.32 Å². The van der Waals surface area contributed by atoms with Crippen LogP contribution >= 0.6 is 0 Å². The summed E-state index contributed by atoms with van der Waals surface area (Å²) in [6.45, 7) is 1.95. The number of anilines is 1. The average molecular weight is 185 g/mol. The second kappa shape index (κ2) is 3.95. The number of carboxylic acids is 1. The average Bonchev–Trinajstić information content (AvgIpc) is 2.48. The number of nitrogens with one attached hydrogen (secondary N) is 1. The van der Waals surface area contributed by atoms with Crippen molar-refractivity contribution in [2.75, 3.05) is 11.9 Å². The first-order chi connectivity index (χ1) is 6.09. The monoisotopic (exact) mass is 185 g/mol. The highest BCUT2D eigenvalue weighted by Gasteiger charge is 2.08. The standard InChI is InChI=1S/C8H11NO4/c1-5(10)4-9-7-3-2-6(13-7)8(11)12/h2-3,5,9-10H,4H2,1H3,(H,11,12). The zero-order valence-electron chi connectivity index (χ0n) is 7.15. The van der Waals surface area contributed by atoms with Gasteiger partial charge in [0.1, 0.15) is 0 Å². The number of aromatic carboxylic acids is 1. The molecule has 0 aromatic carbocycles. The molecule has 0 aliphatic carbocycles. The normalized spacial score (nSPS) is 12.5. The molecular weight excluding hydrogens is 174 g/mol. The fourth-order valence-corrected chi connectivity index (χ4v) is 0.796.